The summed E-state index contributed by atoms with van der Waals surface area (Å²) in [5.41, 5.74) is 13.2. The van der Waals surface area contributed by atoms with E-state index in [4.69, 9.17) is 34.9 Å². The van der Waals surface area contributed by atoms with Gasteiger partial charge in [0.1, 0.15) is 6.61 Å². The molecule has 0 bridgehead atoms. The summed E-state index contributed by atoms with van der Waals surface area (Å²) in [4.78, 5) is 26.6. The van der Waals surface area contributed by atoms with Crippen LogP contribution in [0, 0.1) is 5.41 Å². The van der Waals surface area contributed by atoms with Crippen LogP contribution in [0.25, 0.3) is 10.4 Å². The third kappa shape index (κ3) is 20.5. The third-order valence-corrected chi connectivity index (χ3v) is 4.90. The third-order valence-electron chi connectivity index (χ3n) is 4.90. The highest BCUT2D eigenvalue weighted by atomic mass is 16.6. The molecule has 0 rings (SSSR count). The minimum atomic E-state index is -0.522. The van der Waals surface area contributed by atoms with E-state index in [-0.39, 0.29) is 31.1 Å². The van der Waals surface area contributed by atoms with Gasteiger partial charge in [-0.3, -0.25) is 4.79 Å². The van der Waals surface area contributed by atoms with Gasteiger partial charge in [-0.1, -0.05) is 19.0 Å². The molecule has 198 valence electrons. The van der Waals surface area contributed by atoms with Crippen molar-refractivity contribution in [3.63, 3.8) is 0 Å². The lowest BCUT2D eigenvalue weighted by molar-refractivity contribution is -0.121. The zero-order valence-electron chi connectivity index (χ0n) is 20.6. The van der Waals surface area contributed by atoms with Gasteiger partial charge < -0.3 is 40.1 Å². The molecule has 13 heteroatoms. The number of ether oxygens (including phenoxy) is 5. The van der Waals surface area contributed by atoms with Crippen LogP contribution in [0.4, 0.5) is 4.79 Å². The first-order valence-electron chi connectivity index (χ1n) is 11.7. The topological polar surface area (TPSA) is 179 Å². The SMILES string of the molecule is CCC(C)(CCC(=O)NCCOCCOCCN)CNC(=O)OCCOCCOCCN=[N+]=[N-]. The summed E-state index contributed by atoms with van der Waals surface area (Å²) in [5, 5.41) is 8.93. The van der Waals surface area contributed by atoms with Crippen LogP contribution in [-0.2, 0) is 28.5 Å². The molecule has 13 nitrogen and oxygen atoms in total. The summed E-state index contributed by atoms with van der Waals surface area (Å²) in [6.45, 7) is 8.97. The summed E-state index contributed by atoms with van der Waals surface area (Å²) in [7, 11) is 0. The summed E-state index contributed by atoms with van der Waals surface area (Å²) in [5.74, 6) is -0.0517. The van der Waals surface area contributed by atoms with Gasteiger partial charge in [0.25, 0.3) is 0 Å². The van der Waals surface area contributed by atoms with Crippen molar-refractivity contribution in [3.8, 4) is 0 Å². The van der Waals surface area contributed by atoms with E-state index in [2.05, 4.69) is 20.7 Å². The second-order valence-electron chi connectivity index (χ2n) is 7.70. The highest BCUT2D eigenvalue weighted by molar-refractivity contribution is 5.75. The molecule has 0 aromatic carbocycles. The summed E-state index contributed by atoms with van der Waals surface area (Å²) < 4.78 is 26.1. The van der Waals surface area contributed by atoms with E-state index in [0.29, 0.717) is 78.7 Å². The first-order valence-corrected chi connectivity index (χ1v) is 11.7. The van der Waals surface area contributed by atoms with E-state index in [1.54, 1.807) is 0 Å². The molecule has 1 atom stereocenters. The predicted molar refractivity (Wildman–Crippen MR) is 126 cm³/mol. The van der Waals surface area contributed by atoms with E-state index in [0.717, 1.165) is 6.42 Å². The molecule has 0 aliphatic carbocycles. The smallest absolute Gasteiger partial charge is 0.407 e. The molecule has 0 spiro atoms. The number of carbonyl (C=O) groups is 2. The number of azide groups is 1. The molecule has 2 amide bonds. The maximum absolute atomic E-state index is 12.1. The van der Waals surface area contributed by atoms with Gasteiger partial charge in [0.15, 0.2) is 0 Å². The molecular weight excluding hydrogens is 448 g/mol. The number of rotatable bonds is 23. The van der Waals surface area contributed by atoms with E-state index in [9.17, 15) is 9.59 Å². The van der Waals surface area contributed by atoms with Crippen LogP contribution in [0.1, 0.15) is 33.1 Å². The van der Waals surface area contributed by atoms with E-state index < -0.39 is 6.09 Å². The van der Waals surface area contributed by atoms with Crippen molar-refractivity contribution in [1.82, 2.24) is 10.6 Å². The molecule has 0 saturated heterocycles. The van der Waals surface area contributed by atoms with Gasteiger partial charge in [0, 0.05) is 37.5 Å². The van der Waals surface area contributed by atoms with E-state index >= 15 is 0 Å². The molecule has 1 unspecified atom stereocenters. The number of hydrogen-bond acceptors (Lipinski definition) is 9. The molecule has 0 heterocycles. The van der Waals surface area contributed by atoms with Crippen LogP contribution in [0.15, 0.2) is 5.11 Å². The lowest BCUT2D eigenvalue weighted by Gasteiger charge is -2.28. The molecule has 0 radical (unpaired) electrons. The van der Waals surface area contributed by atoms with Crippen LogP contribution in [-0.4, -0.2) is 97.6 Å². The first-order chi connectivity index (χ1) is 16.5. The maximum atomic E-state index is 12.1. The van der Waals surface area contributed by atoms with Crippen LogP contribution >= 0.6 is 0 Å². The van der Waals surface area contributed by atoms with Gasteiger partial charge >= 0.3 is 6.09 Å². The number of nitrogens with zero attached hydrogens (tertiary/aromatic N) is 3. The Balaban J connectivity index is 3.79. The van der Waals surface area contributed by atoms with E-state index in [1.165, 1.54) is 0 Å². The molecule has 0 aromatic heterocycles. The number of hydrogen-bond donors (Lipinski definition) is 3. The summed E-state index contributed by atoms with van der Waals surface area (Å²) >= 11 is 0. The number of carbonyl (C=O) groups excluding carboxylic acids is 2. The van der Waals surface area contributed by atoms with Crippen LogP contribution < -0.4 is 16.4 Å². The number of alkyl carbamates (subject to hydrolysis) is 1. The van der Waals surface area contributed by atoms with Gasteiger partial charge in [0.05, 0.1) is 52.9 Å². The van der Waals surface area contributed by atoms with Crippen molar-refractivity contribution in [2.45, 2.75) is 33.1 Å². The average Bonchev–Trinajstić information content (AvgIpc) is 2.84. The van der Waals surface area contributed by atoms with Gasteiger partial charge in [0.2, 0.25) is 5.91 Å². The van der Waals surface area contributed by atoms with Gasteiger partial charge in [-0.2, -0.15) is 0 Å². The Morgan fingerprint density at radius 2 is 1.56 bits per heavy atom. The van der Waals surface area contributed by atoms with Crippen LogP contribution in [0.3, 0.4) is 0 Å². The second kappa shape index (κ2) is 22.6. The second-order valence-corrected chi connectivity index (χ2v) is 7.70. The van der Waals surface area contributed by atoms with Gasteiger partial charge in [-0.25, -0.2) is 4.79 Å². The normalized spacial score (nSPS) is 12.4. The number of amides is 2. The zero-order chi connectivity index (χ0) is 25.3. The fraction of sp³-hybridized carbons (Fsp3) is 0.905. The molecular formula is C21H42N6O7. The molecule has 4 N–H and O–H groups in total. The minimum Gasteiger partial charge on any atom is -0.447 e. The predicted octanol–water partition coefficient (Wildman–Crippen LogP) is 1.36. The monoisotopic (exact) mass is 490 g/mol. The maximum Gasteiger partial charge on any atom is 0.407 e. The number of nitrogens with one attached hydrogen (secondary N) is 2. The Morgan fingerprint density at radius 3 is 2.21 bits per heavy atom. The quantitative estimate of drug-likeness (QED) is 0.0831. The standard InChI is InChI=1S/C21H42N6O7/c1-3-21(2,5-4-19(28)24-7-10-31-13-12-30-9-6-22)18-25-20(29)34-17-16-33-15-14-32-11-8-26-27-23/h3-18,22H2,1-2H3,(H,24,28)(H,25,29). The highest BCUT2D eigenvalue weighted by Crippen LogP contribution is 2.26. The van der Waals surface area contributed by atoms with Crippen molar-refractivity contribution >= 4 is 12.0 Å². The van der Waals surface area contributed by atoms with Gasteiger partial charge in [-0.15, -0.1) is 0 Å². The van der Waals surface area contributed by atoms with E-state index in [1.807, 2.05) is 13.8 Å². The largest absolute Gasteiger partial charge is 0.447 e. The van der Waals surface area contributed by atoms with Crippen molar-refractivity contribution in [2.75, 3.05) is 85.6 Å². The molecule has 0 aliphatic rings. The van der Waals surface area contributed by atoms with Crippen molar-refractivity contribution in [2.24, 2.45) is 16.3 Å². The van der Waals surface area contributed by atoms with Crippen molar-refractivity contribution in [1.29, 1.82) is 0 Å². The number of nitrogens with two attached hydrogens (primary N) is 1. The Hall–Kier alpha value is -2.15. The molecule has 0 saturated carbocycles. The Labute approximate surface area is 202 Å². The lowest BCUT2D eigenvalue weighted by Crippen LogP contribution is -2.37. The highest BCUT2D eigenvalue weighted by Gasteiger charge is 2.24. The Morgan fingerprint density at radius 1 is 0.941 bits per heavy atom. The fourth-order valence-electron chi connectivity index (χ4n) is 2.56. The average molecular weight is 491 g/mol. The minimum absolute atomic E-state index is 0.0517. The van der Waals surface area contributed by atoms with Crippen molar-refractivity contribution < 1.29 is 33.3 Å². The Bertz CT molecular complexity index is 578. The molecule has 0 aromatic rings. The van der Waals surface area contributed by atoms with Gasteiger partial charge in [-0.05, 0) is 23.8 Å². The Kier molecular flexibility index (Phi) is 21.2. The molecule has 0 aliphatic heterocycles. The van der Waals surface area contributed by atoms with Crippen LogP contribution in [0.2, 0.25) is 0 Å². The first kappa shape index (κ1) is 31.9. The summed E-state index contributed by atoms with van der Waals surface area (Å²) in [6, 6.07) is 0. The summed E-state index contributed by atoms with van der Waals surface area (Å²) in [6.07, 6.45) is 1.27. The van der Waals surface area contributed by atoms with Crippen LogP contribution in [0.5, 0.6) is 0 Å². The van der Waals surface area contributed by atoms with Crippen molar-refractivity contribution in [3.05, 3.63) is 10.4 Å². The molecule has 34 heavy (non-hydrogen) atoms. The zero-order valence-corrected chi connectivity index (χ0v) is 20.6. The molecule has 0 fully saturated rings. The fourth-order valence-corrected chi connectivity index (χ4v) is 2.56. The lowest BCUT2D eigenvalue weighted by atomic mass is 9.82.